The zero-order valence-electron chi connectivity index (χ0n) is 32.2. The fraction of sp³-hybridized carbons (Fsp3) is 0.476. The van der Waals surface area contributed by atoms with E-state index in [1.807, 2.05) is 91.0 Å². The Balaban J connectivity index is 1.97. The minimum Gasteiger partial charge on any atom is -0.517 e. The van der Waals surface area contributed by atoms with Gasteiger partial charge in [0.15, 0.2) is 5.78 Å². The molecule has 276 valence electrons. The third kappa shape index (κ3) is 12.5. The van der Waals surface area contributed by atoms with Crippen LogP contribution in [0.4, 0.5) is 4.79 Å². The first-order valence-corrected chi connectivity index (χ1v) is 20.3. The van der Waals surface area contributed by atoms with Gasteiger partial charge in [-0.2, -0.15) is 0 Å². The van der Waals surface area contributed by atoms with E-state index >= 15 is 0 Å². The molecule has 3 atom stereocenters. The van der Waals surface area contributed by atoms with E-state index in [-0.39, 0.29) is 41.5 Å². The Morgan fingerprint density at radius 1 is 0.608 bits per heavy atom. The normalized spacial score (nSPS) is 14.1. The number of carbonyl (C=O) groups excluding carboxylic acids is 4. The van der Waals surface area contributed by atoms with Crippen LogP contribution in [0.3, 0.4) is 0 Å². The van der Waals surface area contributed by atoms with E-state index in [0.717, 1.165) is 16.7 Å². The first kappa shape index (κ1) is 41.2. The average Bonchev–Trinajstić information content (AvgIpc) is 3.03. The second kappa shape index (κ2) is 17.3. The Labute approximate surface area is 306 Å². The number of hydrogen-bond donors (Lipinski definition) is 2. The van der Waals surface area contributed by atoms with Gasteiger partial charge in [0, 0.05) is 18.8 Å². The summed E-state index contributed by atoms with van der Waals surface area (Å²) in [6.07, 6.45) is -0.169. The summed E-state index contributed by atoms with van der Waals surface area (Å²) >= 11 is 0. The van der Waals surface area contributed by atoms with Crippen LogP contribution in [-0.4, -0.2) is 49.8 Å². The molecule has 0 heterocycles. The summed E-state index contributed by atoms with van der Waals surface area (Å²) < 4.78 is 12.0. The van der Waals surface area contributed by atoms with Crippen LogP contribution in [0, 0.1) is 5.92 Å². The highest BCUT2D eigenvalue weighted by molar-refractivity contribution is 6.79. The molecule has 8 nitrogen and oxygen atoms in total. The van der Waals surface area contributed by atoms with Gasteiger partial charge in [0.1, 0.15) is 11.6 Å². The fourth-order valence-corrected chi connectivity index (χ4v) is 9.53. The summed E-state index contributed by atoms with van der Waals surface area (Å²) in [6, 6.07) is 26.5. The number of ether oxygens (including phenoxy) is 1. The third-order valence-corrected chi connectivity index (χ3v) is 15.9. The summed E-state index contributed by atoms with van der Waals surface area (Å²) in [4.78, 5) is 55.6. The fourth-order valence-electron chi connectivity index (χ4n) is 6.12. The van der Waals surface area contributed by atoms with Crippen LogP contribution >= 0.6 is 0 Å². The van der Waals surface area contributed by atoms with E-state index in [1.54, 1.807) is 20.8 Å². The lowest BCUT2D eigenvalue weighted by Gasteiger charge is -2.48. The van der Waals surface area contributed by atoms with Crippen LogP contribution in [0.1, 0.15) is 85.4 Å². The summed E-state index contributed by atoms with van der Waals surface area (Å²) in [5, 5.41) is 5.23. The van der Waals surface area contributed by atoms with Gasteiger partial charge in [-0.15, -0.1) is 0 Å². The van der Waals surface area contributed by atoms with Crippen LogP contribution in [0.25, 0.3) is 0 Å². The van der Waals surface area contributed by atoms with Crippen molar-refractivity contribution in [2.75, 3.05) is 0 Å². The number of nitrogens with one attached hydrogen (secondary N) is 2. The van der Waals surface area contributed by atoms with Gasteiger partial charge in [0.05, 0.1) is 6.04 Å². The molecule has 3 rings (SSSR count). The number of hydrogen-bond acceptors (Lipinski definition) is 6. The molecule has 0 bridgehead atoms. The molecule has 2 amide bonds. The number of Topliss-reactive ketones (excluding diaryl/α,β-unsaturated/α-hetero) is 1. The molecular weight excluding hydrogens is 657 g/mol. The highest BCUT2D eigenvalue weighted by Crippen LogP contribution is 2.51. The molecule has 3 aromatic rings. The van der Waals surface area contributed by atoms with Gasteiger partial charge >= 0.3 is 12.1 Å². The minimum atomic E-state index is -2.75. The van der Waals surface area contributed by atoms with E-state index in [2.05, 4.69) is 58.7 Å². The Hall–Kier alpha value is -4.24. The Morgan fingerprint density at radius 2 is 1.02 bits per heavy atom. The molecule has 0 spiro atoms. The Kier molecular flexibility index (Phi) is 14.0. The lowest BCUT2D eigenvalue weighted by molar-refractivity contribution is -0.141. The smallest absolute Gasteiger partial charge is 0.408 e. The monoisotopic (exact) mass is 714 g/mol. The Morgan fingerprint density at radius 3 is 1.43 bits per heavy atom. The molecule has 0 fully saturated rings. The third-order valence-electron chi connectivity index (χ3n) is 9.56. The van der Waals surface area contributed by atoms with Crippen molar-refractivity contribution in [3.05, 3.63) is 108 Å². The van der Waals surface area contributed by atoms with Gasteiger partial charge in [-0.05, 0) is 66.9 Å². The number of benzene rings is 3. The topological polar surface area (TPSA) is 111 Å². The van der Waals surface area contributed by atoms with Crippen LogP contribution < -0.4 is 10.6 Å². The van der Waals surface area contributed by atoms with E-state index < -0.39 is 49.9 Å². The van der Waals surface area contributed by atoms with Crippen molar-refractivity contribution >= 4 is 32.1 Å². The number of alkyl carbamates (subject to hydrolysis) is 1. The maximum Gasteiger partial charge on any atom is 0.408 e. The van der Waals surface area contributed by atoms with Crippen LogP contribution in [-0.2, 0) is 42.8 Å². The summed E-state index contributed by atoms with van der Waals surface area (Å²) in [5.74, 6) is -2.07. The standard InChI is InChI=1S/C42H58N2O6Si/c1-40(2,3)49-39(48)44-34(27-31-22-16-12-17-23-31)36(45)29-33(26-30-20-14-11-15-21-30)37(46)43-35(28-32-24-18-13-19-25-32)38(47)50-51(10,41(4,5)6)42(7,8)9/h11-25,33-35H,26-29H2,1-10H3,(H,43,46)(H,44,48)/t33-,34+,35+/m1/s1. The van der Waals surface area contributed by atoms with Crippen LogP contribution in [0.5, 0.6) is 0 Å². The van der Waals surface area contributed by atoms with E-state index in [0.29, 0.717) is 0 Å². The molecule has 0 unspecified atom stereocenters. The van der Waals surface area contributed by atoms with E-state index in [4.69, 9.17) is 9.16 Å². The van der Waals surface area contributed by atoms with Crippen molar-refractivity contribution in [3.8, 4) is 0 Å². The average molecular weight is 715 g/mol. The predicted molar refractivity (Wildman–Crippen MR) is 206 cm³/mol. The zero-order chi connectivity index (χ0) is 38.0. The molecule has 0 saturated heterocycles. The second-order valence-electron chi connectivity index (χ2n) is 16.7. The summed E-state index contributed by atoms with van der Waals surface area (Å²) in [5.41, 5.74) is 1.83. The molecule has 0 aliphatic rings. The highest BCUT2D eigenvalue weighted by Gasteiger charge is 2.54. The van der Waals surface area contributed by atoms with Gasteiger partial charge in [0.25, 0.3) is 8.32 Å². The SMILES string of the molecule is CC(C)(C)OC(=O)N[C@@H](Cc1ccccc1)C(=O)C[C@@H](Cc1ccccc1)C(=O)N[C@@H](Cc1ccccc1)C(=O)O[Si](C)(C(C)(C)C)C(C)(C)C. The molecule has 0 aliphatic carbocycles. The van der Waals surface area contributed by atoms with Crippen molar-refractivity contribution in [1.82, 2.24) is 10.6 Å². The first-order valence-electron chi connectivity index (χ1n) is 17.9. The van der Waals surface area contributed by atoms with Gasteiger partial charge in [-0.1, -0.05) is 133 Å². The van der Waals surface area contributed by atoms with Crippen molar-refractivity contribution < 1.29 is 28.3 Å². The number of carbonyl (C=O) groups is 4. The van der Waals surface area contributed by atoms with Crippen molar-refractivity contribution in [3.63, 3.8) is 0 Å². The van der Waals surface area contributed by atoms with Gasteiger partial charge in [-0.3, -0.25) is 14.4 Å². The minimum absolute atomic E-state index is 0.169. The van der Waals surface area contributed by atoms with Crippen molar-refractivity contribution in [2.24, 2.45) is 5.92 Å². The lowest BCUT2D eigenvalue weighted by Crippen LogP contribution is -2.57. The molecule has 0 radical (unpaired) electrons. The Bertz CT molecular complexity index is 1580. The van der Waals surface area contributed by atoms with Crippen molar-refractivity contribution in [1.29, 1.82) is 0 Å². The maximum atomic E-state index is 14.4. The predicted octanol–water partition coefficient (Wildman–Crippen LogP) is 8.39. The molecule has 9 heteroatoms. The van der Waals surface area contributed by atoms with Crippen molar-refractivity contribution in [2.45, 2.75) is 122 Å². The number of ketones is 1. The summed E-state index contributed by atoms with van der Waals surface area (Å²) in [6.45, 7) is 19.9. The molecule has 0 saturated carbocycles. The molecular formula is C42H58N2O6Si. The van der Waals surface area contributed by atoms with Gasteiger partial charge < -0.3 is 19.8 Å². The number of amides is 2. The van der Waals surface area contributed by atoms with E-state index in [1.165, 1.54) is 0 Å². The van der Waals surface area contributed by atoms with Gasteiger partial charge in [-0.25, -0.2) is 4.79 Å². The van der Waals surface area contributed by atoms with Crippen LogP contribution in [0.15, 0.2) is 91.0 Å². The quantitative estimate of drug-likeness (QED) is 0.162. The highest BCUT2D eigenvalue weighted by atomic mass is 28.4. The van der Waals surface area contributed by atoms with E-state index in [9.17, 15) is 19.2 Å². The zero-order valence-corrected chi connectivity index (χ0v) is 33.2. The molecule has 51 heavy (non-hydrogen) atoms. The first-order chi connectivity index (χ1) is 23.7. The van der Waals surface area contributed by atoms with Crippen LogP contribution in [0.2, 0.25) is 16.6 Å². The lowest BCUT2D eigenvalue weighted by atomic mass is 9.89. The maximum absolute atomic E-state index is 14.4. The molecule has 2 N–H and O–H groups in total. The largest absolute Gasteiger partial charge is 0.517 e. The second-order valence-corrected chi connectivity index (χ2v) is 21.9. The molecule has 3 aromatic carbocycles. The van der Waals surface area contributed by atoms with Gasteiger partial charge in [0.2, 0.25) is 5.91 Å². The summed E-state index contributed by atoms with van der Waals surface area (Å²) in [7, 11) is -2.75. The number of rotatable bonds is 14. The molecule has 0 aliphatic heterocycles. The molecule has 0 aromatic heterocycles.